The van der Waals surface area contributed by atoms with Gasteiger partial charge in [-0.15, -0.1) is 0 Å². The van der Waals surface area contributed by atoms with Gasteiger partial charge in [0.2, 0.25) is 17.7 Å². The number of hydrogen-bond acceptors (Lipinski definition) is 8. The number of alkyl carbamates (subject to hydrolysis) is 1. The molecule has 0 fully saturated rings. The van der Waals surface area contributed by atoms with Gasteiger partial charge in [-0.3, -0.25) is 24.0 Å². The lowest BCUT2D eigenvalue weighted by Crippen LogP contribution is -2.55. The van der Waals surface area contributed by atoms with Crippen LogP contribution in [0.15, 0.2) is 30.3 Å². The van der Waals surface area contributed by atoms with Gasteiger partial charge in [-0.2, -0.15) is 0 Å². The number of thioether (sulfide) groups is 1. The molecule has 0 radical (unpaired) electrons. The third kappa shape index (κ3) is 11.0. The van der Waals surface area contributed by atoms with Crippen molar-refractivity contribution >= 4 is 46.7 Å². The standard InChI is InChI=1S/C20H26N4O8S/c1-11(17(21)28)22-19(30)14(8-16(27)33-10-15(25)26)24-18(29)12(2)23-20(31)32-9-13-6-4-3-5-7-13/h3-7,11-12,14H,8-10H2,1-2H3,(H2,21,28)(H,22,30)(H,23,31)(H,24,29)(H,25,26)/t11-,12-,14?/m0/s1. The molecule has 0 saturated carbocycles. The maximum atomic E-state index is 12.5. The van der Waals surface area contributed by atoms with E-state index < -0.39 is 65.2 Å². The molecule has 0 aromatic heterocycles. The highest BCUT2D eigenvalue weighted by Crippen LogP contribution is 2.09. The summed E-state index contributed by atoms with van der Waals surface area (Å²) in [7, 11) is 0. The molecule has 1 rings (SSSR count). The highest BCUT2D eigenvalue weighted by molar-refractivity contribution is 8.14. The lowest BCUT2D eigenvalue weighted by Gasteiger charge is -2.22. The van der Waals surface area contributed by atoms with Crippen molar-refractivity contribution in [3.63, 3.8) is 0 Å². The zero-order valence-corrected chi connectivity index (χ0v) is 18.8. The Balaban J connectivity index is 2.71. The fourth-order valence-corrected chi connectivity index (χ4v) is 2.84. The number of carboxylic acid groups (broad SMARTS) is 1. The average Bonchev–Trinajstić information content (AvgIpc) is 2.76. The molecule has 0 aliphatic carbocycles. The molecular formula is C20H26N4O8S. The molecule has 0 spiro atoms. The van der Waals surface area contributed by atoms with E-state index in [0.717, 1.165) is 5.56 Å². The number of amides is 4. The zero-order chi connectivity index (χ0) is 25.0. The fourth-order valence-electron chi connectivity index (χ4n) is 2.27. The third-order valence-corrected chi connectivity index (χ3v) is 4.97. The quantitative estimate of drug-likeness (QED) is 0.261. The van der Waals surface area contributed by atoms with Crippen molar-refractivity contribution in [1.29, 1.82) is 0 Å². The van der Waals surface area contributed by atoms with E-state index in [1.807, 2.05) is 0 Å². The first-order chi connectivity index (χ1) is 15.5. The van der Waals surface area contributed by atoms with Crippen LogP contribution in [0, 0.1) is 0 Å². The molecule has 1 aromatic carbocycles. The van der Waals surface area contributed by atoms with Crippen LogP contribution in [0.2, 0.25) is 0 Å². The van der Waals surface area contributed by atoms with Crippen LogP contribution in [0.4, 0.5) is 4.79 Å². The van der Waals surface area contributed by atoms with Gasteiger partial charge in [0.05, 0.1) is 5.75 Å². The topological polar surface area (TPSA) is 194 Å². The normalized spacial score (nSPS) is 13.0. The number of rotatable bonds is 12. The Kier molecular flexibility index (Phi) is 11.4. The Labute approximate surface area is 194 Å². The molecule has 0 aliphatic rings. The number of nitrogens with two attached hydrogens (primary N) is 1. The third-order valence-electron chi connectivity index (χ3n) is 4.09. The van der Waals surface area contributed by atoms with Gasteiger partial charge in [0.1, 0.15) is 24.7 Å². The first-order valence-electron chi connectivity index (χ1n) is 9.74. The maximum Gasteiger partial charge on any atom is 0.408 e. The van der Waals surface area contributed by atoms with E-state index in [1.165, 1.54) is 13.8 Å². The van der Waals surface area contributed by atoms with E-state index in [1.54, 1.807) is 30.3 Å². The Morgan fingerprint density at radius 3 is 2.18 bits per heavy atom. The Hall–Kier alpha value is -3.61. The van der Waals surface area contributed by atoms with E-state index >= 15 is 0 Å². The predicted molar refractivity (Wildman–Crippen MR) is 118 cm³/mol. The first-order valence-corrected chi connectivity index (χ1v) is 10.7. The van der Waals surface area contributed by atoms with Gasteiger partial charge in [0.15, 0.2) is 5.12 Å². The first kappa shape index (κ1) is 27.4. The molecule has 0 aliphatic heterocycles. The molecule has 6 N–H and O–H groups in total. The van der Waals surface area contributed by atoms with Crippen molar-refractivity contribution in [3.8, 4) is 0 Å². The van der Waals surface area contributed by atoms with Crippen LogP contribution in [0.3, 0.4) is 0 Å². The summed E-state index contributed by atoms with van der Waals surface area (Å²) in [4.78, 5) is 70.7. The number of carbonyl (C=O) groups is 6. The van der Waals surface area contributed by atoms with Gasteiger partial charge >= 0.3 is 12.1 Å². The number of carboxylic acids is 1. The number of ether oxygens (including phenoxy) is 1. The van der Waals surface area contributed by atoms with Crippen LogP contribution in [-0.4, -0.2) is 63.9 Å². The lowest BCUT2D eigenvalue weighted by molar-refractivity contribution is -0.134. The minimum atomic E-state index is -1.43. The smallest absolute Gasteiger partial charge is 0.408 e. The van der Waals surface area contributed by atoms with Gasteiger partial charge < -0.3 is 31.5 Å². The Bertz CT molecular complexity index is 880. The molecule has 1 unspecified atom stereocenters. The fraction of sp³-hybridized carbons (Fsp3) is 0.400. The van der Waals surface area contributed by atoms with Crippen molar-refractivity contribution in [2.75, 3.05) is 5.75 Å². The van der Waals surface area contributed by atoms with Crippen LogP contribution in [0.5, 0.6) is 0 Å². The largest absolute Gasteiger partial charge is 0.481 e. The minimum Gasteiger partial charge on any atom is -0.481 e. The van der Waals surface area contributed by atoms with Gasteiger partial charge in [-0.05, 0) is 19.4 Å². The molecule has 1 aromatic rings. The van der Waals surface area contributed by atoms with Crippen LogP contribution in [0.25, 0.3) is 0 Å². The summed E-state index contributed by atoms with van der Waals surface area (Å²) < 4.78 is 5.03. The monoisotopic (exact) mass is 482 g/mol. The molecule has 12 nitrogen and oxygen atoms in total. The van der Waals surface area contributed by atoms with Crippen molar-refractivity contribution in [2.24, 2.45) is 5.73 Å². The van der Waals surface area contributed by atoms with Crippen LogP contribution >= 0.6 is 11.8 Å². The van der Waals surface area contributed by atoms with E-state index in [2.05, 4.69) is 16.0 Å². The second kappa shape index (κ2) is 13.7. The Morgan fingerprint density at radius 1 is 0.970 bits per heavy atom. The van der Waals surface area contributed by atoms with Gasteiger partial charge in [0, 0.05) is 6.42 Å². The van der Waals surface area contributed by atoms with Crippen molar-refractivity contribution in [2.45, 2.75) is 45.0 Å². The average molecular weight is 483 g/mol. The summed E-state index contributed by atoms with van der Waals surface area (Å²) in [5.74, 6) is -4.28. The van der Waals surface area contributed by atoms with E-state index in [4.69, 9.17) is 15.6 Å². The number of hydrogen-bond donors (Lipinski definition) is 5. The molecule has 13 heteroatoms. The van der Waals surface area contributed by atoms with E-state index in [0.29, 0.717) is 11.8 Å². The molecule has 180 valence electrons. The second-order valence-electron chi connectivity index (χ2n) is 6.88. The zero-order valence-electron chi connectivity index (χ0n) is 18.0. The highest BCUT2D eigenvalue weighted by Gasteiger charge is 2.28. The summed E-state index contributed by atoms with van der Waals surface area (Å²) in [6.07, 6.45) is -1.43. The SMILES string of the molecule is C[C@H](NC(=O)C(CC(=O)SCC(=O)O)NC(=O)[C@H](C)NC(=O)OCc1ccccc1)C(N)=O. The molecule has 4 amide bonds. The molecule has 0 bridgehead atoms. The summed E-state index contributed by atoms with van der Waals surface area (Å²) in [6.45, 7) is 2.63. The van der Waals surface area contributed by atoms with Gasteiger partial charge in [-0.1, -0.05) is 42.1 Å². The summed E-state index contributed by atoms with van der Waals surface area (Å²) in [5.41, 5.74) is 5.84. The predicted octanol–water partition coefficient (Wildman–Crippen LogP) is -0.489. The van der Waals surface area contributed by atoms with E-state index in [9.17, 15) is 28.8 Å². The van der Waals surface area contributed by atoms with Gasteiger partial charge in [0.25, 0.3) is 0 Å². The molecule has 3 atom stereocenters. The number of carbonyl (C=O) groups excluding carboxylic acids is 5. The number of aliphatic carboxylic acids is 1. The molecule has 0 heterocycles. The van der Waals surface area contributed by atoms with E-state index in [-0.39, 0.29) is 6.61 Å². The number of nitrogens with one attached hydrogen (secondary N) is 3. The summed E-state index contributed by atoms with van der Waals surface area (Å²) >= 11 is 0.455. The van der Waals surface area contributed by atoms with Crippen molar-refractivity contribution < 1.29 is 38.6 Å². The number of primary amides is 1. The second-order valence-corrected chi connectivity index (χ2v) is 7.91. The van der Waals surface area contributed by atoms with Crippen LogP contribution in [0.1, 0.15) is 25.8 Å². The summed E-state index contributed by atoms with van der Waals surface area (Å²) in [6, 6.07) is 5.19. The molecule has 0 saturated heterocycles. The maximum absolute atomic E-state index is 12.5. The van der Waals surface area contributed by atoms with Crippen LogP contribution < -0.4 is 21.7 Å². The van der Waals surface area contributed by atoms with Crippen molar-refractivity contribution in [3.05, 3.63) is 35.9 Å². The molecular weight excluding hydrogens is 456 g/mol. The Morgan fingerprint density at radius 2 is 1.61 bits per heavy atom. The summed E-state index contributed by atoms with van der Waals surface area (Å²) in [5, 5.41) is 14.9. The minimum absolute atomic E-state index is 0.0215. The molecule has 33 heavy (non-hydrogen) atoms. The highest BCUT2D eigenvalue weighted by atomic mass is 32.2. The van der Waals surface area contributed by atoms with Gasteiger partial charge in [-0.25, -0.2) is 4.79 Å². The van der Waals surface area contributed by atoms with Crippen molar-refractivity contribution in [1.82, 2.24) is 16.0 Å². The lowest BCUT2D eigenvalue weighted by atomic mass is 10.1. The number of benzene rings is 1. The van der Waals surface area contributed by atoms with Crippen LogP contribution in [-0.2, 0) is 35.3 Å².